The normalized spacial score (nSPS) is 18.0. The fraction of sp³-hybridized carbons (Fsp3) is 0.250. The number of nitrogen functional groups attached to an aromatic ring is 1. The molecule has 1 atom stereocenters. The Morgan fingerprint density at radius 1 is 1.08 bits per heavy atom. The Kier molecular flexibility index (Phi) is 3.73. The molecule has 3 aromatic rings. The van der Waals surface area contributed by atoms with Gasteiger partial charge in [-0.2, -0.15) is 0 Å². The number of nitrogens with two attached hydrogens (primary N) is 1. The van der Waals surface area contributed by atoms with E-state index in [1.807, 2.05) is 35.2 Å². The molecule has 1 aromatic heterocycles. The average Bonchev–Trinajstić information content (AvgIpc) is 3.05. The van der Waals surface area contributed by atoms with Crippen molar-refractivity contribution in [2.75, 3.05) is 12.3 Å². The van der Waals surface area contributed by atoms with Gasteiger partial charge in [0.25, 0.3) is 5.91 Å². The van der Waals surface area contributed by atoms with Gasteiger partial charge in [0.05, 0.1) is 6.04 Å². The number of likely N-dealkylation sites (tertiary alicyclic amines) is 1. The molecule has 24 heavy (non-hydrogen) atoms. The number of amides is 1. The van der Waals surface area contributed by atoms with Crippen molar-refractivity contribution in [2.45, 2.75) is 25.3 Å². The molecule has 4 rings (SSSR count). The Morgan fingerprint density at radius 3 is 2.79 bits per heavy atom. The molecule has 0 radical (unpaired) electrons. The Bertz CT molecular complexity index is 850. The van der Waals surface area contributed by atoms with Crippen LogP contribution in [0.4, 0.5) is 5.69 Å². The summed E-state index contributed by atoms with van der Waals surface area (Å²) in [5.74, 6) is 0.0608. The summed E-state index contributed by atoms with van der Waals surface area (Å²) in [6.07, 6.45) is 3.17. The first kappa shape index (κ1) is 14.8. The maximum atomic E-state index is 13.0. The summed E-state index contributed by atoms with van der Waals surface area (Å²) >= 11 is 0. The van der Waals surface area contributed by atoms with E-state index in [2.05, 4.69) is 23.2 Å². The topological polar surface area (TPSA) is 62.1 Å². The molecule has 0 bridgehead atoms. The molecular weight excluding hydrogens is 298 g/mol. The number of hydrogen-bond donors (Lipinski definition) is 2. The Hall–Kier alpha value is -2.75. The summed E-state index contributed by atoms with van der Waals surface area (Å²) in [4.78, 5) is 18.5. The standard InChI is InChI=1S/C20H21N3O/c21-16-8-5-7-15(12-16)20(24)23-11-4-3-10-19(23)18-13-14-6-1-2-9-17(14)22-18/h1-2,5-9,12-13,19,22H,3-4,10-11,21H2. The van der Waals surface area contributed by atoms with Crippen molar-refractivity contribution in [1.29, 1.82) is 0 Å². The lowest BCUT2D eigenvalue weighted by molar-refractivity contribution is 0.0607. The van der Waals surface area contributed by atoms with Crippen LogP contribution >= 0.6 is 0 Å². The number of para-hydroxylation sites is 1. The maximum absolute atomic E-state index is 13.0. The minimum atomic E-state index is 0.0608. The number of carbonyl (C=O) groups is 1. The number of carbonyl (C=O) groups excluding carboxylic acids is 1. The largest absolute Gasteiger partial charge is 0.399 e. The van der Waals surface area contributed by atoms with Crippen molar-refractivity contribution in [1.82, 2.24) is 9.88 Å². The Morgan fingerprint density at radius 2 is 1.96 bits per heavy atom. The number of anilines is 1. The predicted molar refractivity (Wildman–Crippen MR) is 96.8 cm³/mol. The van der Waals surface area contributed by atoms with Crippen LogP contribution in [0.1, 0.15) is 41.4 Å². The van der Waals surface area contributed by atoms with Crippen LogP contribution in [-0.2, 0) is 0 Å². The monoisotopic (exact) mass is 319 g/mol. The van der Waals surface area contributed by atoms with Gasteiger partial charge in [0.2, 0.25) is 0 Å². The number of rotatable bonds is 2. The van der Waals surface area contributed by atoms with E-state index in [1.54, 1.807) is 6.07 Å². The lowest BCUT2D eigenvalue weighted by atomic mass is 9.98. The van der Waals surface area contributed by atoms with Crippen LogP contribution in [0.25, 0.3) is 10.9 Å². The molecule has 3 N–H and O–H groups in total. The third kappa shape index (κ3) is 2.64. The Balaban J connectivity index is 1.69. The van der Waals surface area contributed by atoms with Crippen LogP contribution in [0.2, 0.25) is 0 Å². The number of nitrogens with one attached hydrogen (secondary N) is 1. The second kappa shape index (κ2) is 6.04. The van der Waals surface area contributed by atoms with Gasteiger partial charge in [0, 0.05) is 29.0 Å². The fourth-order valence-corrected chi connectivity index (χ4v) is 3.61. The smallest absolute Gasteiger partial charge is 0.254 e. The molecule has 1 unspecified atom stereocenters. The van der Waals surface area contributed by atoms with Crippen LogP contribution in [0.5, 0.6) is 0 Å². The van der Waals surface area contributed by atoms with Crippen molar-refractivity contribution in [3.63, 3.8) is 0 Å². The predicted octanol–water partition coefficient (Wildman–Crippen LogP) is 4.12. The number of aromatic nitrogens is 1. The van der Waals surface area contributed by atoms with E-state index in [9.17, 15) is 4.79 Å². The number of fused-ring (bicyclic) bond motifs is 1. The lowest BCUT2D eigenvalue weighted by Gasteiger charge is -2.35. The molecule has 1 saturated heterocycles. The highest BCUT2D eigenvalue weighted by atomic mass is 16.2. The summed E-state index contributed by atoms with van der Waals surface area (Å²) in [5, 5.41) is 1.19. The molecule has 1 fully saturated rings. The molecule has 1 aliphatic heterocycles. The minimum Gasteiger partial charge on any atom is -0.399 e. The summed E-state index contributed by atoms with van der Waals surface area (Å²) in [6.45, 7) is 0.785. The number of nitrogens with zero attached hydrogens (tertiary/aromatic N) is 1. The van der Waals surface area contributed by atoms with E-state index < -0.39 is 0 Å². The van der Waals surface area contributed by atoms with Gasteiger partial charge in [-0.3, -0.25) is 4.79 Å². The molecule has 1 aliphatic rings. The van der Waals surface area contributed by atoms with Gasteiger partial charge >= 0.3 is 0 Å². The van der Waals surface area contributed by atoms with Crippen LogP contribution in [0, 0.1) is 0 Å². The third-order valence-corrected chi connectivity index (χ3v) is 4.81. The van der Waals surface area contributed by atoms with E-state index in [4.69, 9.17) is 5.73 Å². The number of benzene rings is 2. The van der Waals surface area contributed by atoms with Gasteiger partial charge in [0.1, 0.15) is 0 Å². The van der Waals surface area contributed by atoms with Crippen LogP contribution < -0.4 is 5.73 Å². The highest BCUT2D eigenvalue weighted by Crippen LogP contribution is 2.33. The molecule has 4 heteroatoms. The molecule has 0 saturated carbocycles. The summed E-state index contributed by atoms with van der Waals surface area (Å²) < 4.78 is 0. The van der Waals surface area contributed by atoms with Gasteiger partial charge < -0.3 is 15.6 Å². The molecular formula is C20H21N3O. The van der Waals surface area contributed by atoms with Crippen molar-refractivity contribution in [2.24, 2.45) is 0 Å². The molecule has 0 spiro atoms. The van der Waals surface area contributed by atoms with Gasteiger partial charge in [-0.25, -0.2) is 0 Å². The molecule has 4 nitrogen and oxygen atoms in total. The summed E-state index contributed by atoms with van der Waals surface area (Å²) in [7, 11) is 0. The lowest BCUT2D eigenvalue weighted by Crippen LogP contribution is -2.38. The van der Waals surface area contributed by atoms with Crippen LogP contribution in [-0.4, -0.2) is 22.3 Å². The van der Waals surface area contributed by atoms with Crippen molar-refractivity contribution in [3.8, 4) is 0 Å². The quantitative estimate of drug-likeness (QED) is 0.698. The van der Waals surface area contributed by atoms with Crippen molar-refractivity contribution in [3.05, 3.63) is 65.9 Å². The molecule has 2 heterocycles. The Labute approximate surface area is 141 Å². The number of piperidine rings is 1. The third-order valence-electron chi connectivity index (χ3n) is 4.81. The minimum absolute atomic E-state index is 0.0608. The highest BCUT2D eigenvalue weighted by molar-refractivity contribution is 5.95. The SMILES string of the molecule is Nc1cccc(C(=O)N2CCCCC2c2cc3ccccc3[nH]2)c1. The molecule has 2 aromatic carbocycles. The van der Waals surface area contributed by atoms with E-state index in [0.717, 1.165) is 37.0 Å². The second-order valence-electron chi connectivity index (χ2n) is 6.45. The fourth-order valence-electron chi connectivity index (χ4n) is 3.61. The zero-order valence-corrected chi connectivity index (χ0v) is 13.5. The summed E-state index contributed by atoms with van der Waals surface area (Å²) in [5.41, 5.74) is 9.37. The molecule has 0 aliphatic carbocycles. The molecule has 122 valence electrons. The van der Waals surface area contributed by atoms with Gasteiger partial charge in [-0.05, 0) is 55.0 Å². The van der Waals surface area contributed by atoms with E-state index in [-0.39, 0.29) is 11.9 Å². The number of hydrogen-bond acceptors (Lipinski definition) is 2. The van der Waals surface area contributed by atoms with Gasteiger partial charge in [-0.1, -0.05) is 24.3 Å². The number of aromatic amines is 1. The average molecular weight is 319 g/mol. The van der Waals surface area contributed by atoms with E-state index in [1.165, 1.54) is 5.39 Å². The van der Waals surface area contributed by atoms with Gasteiger partial charge in [-0.15, -0.1) is 0 Å². The highest BCUT2D eigenvalue weighted by Gasteiger charge is 2.29. The molecule has 1 amide bonds. The van der Waals surface area contributed by atoms with Crippen molar-refractivity contribution >= 4 is 22.5 Å². The first-order valence-corrected chi connectivity index (χ1v) is 8.46. The number of H-pyrrole nitrogens is 1. The van der Waals surface area contributed by atoms with Crippen LogP contribution in [0.15, 0.2) is 54.6 Å². The zero-order valence-electron chi connectivity index (χ0n) is 13.5. The van der Waals surface area contributed by atoms with Crippen molar-refractivity contribution < 1.29 is 4.79 Å². The first-order valence-electron chi connectivity index (χ1n) is 8.46. The van der Waals surface area contributed by atoms with E-state index >= 15 is 0 Å². The van der Waals surface area contributed by atoms with Gasteiger partial charge in [0.15, 0.2) is 0 Å². The summed E-state index contributed by atoms with van der Waals surface area (Å²) in [6, 6.07) is 17.8. The van der Waals surface area contributed by atoms with Crippen LogP contribution in [0.3, 0.4) is 0 Å². The van der Waals surface area contributed by atoms with E-state index in [0.29, 0.717) is 11.3 Å². The second-order valence-corrected chi connectivity index (χ2v) is 6.45. The maximum Gasteiger partial charge on any atom is 0.254 e. The zero-order chi connectivity index (χ0) is 16.5. The first-order chi connectivity index (χ1) is 11.7.